The Labute approximate surface area is 190 Å². The van der Waals surface area contributed by atoms with Crippen LogP contribution in [0.2, 0.25) is 0 Å². The molecule has 0 spiro atoms. The molecule has 1 atom stereocenters. The van der Waals surface area contributed by atoms with Gasteiger partial charge < -0.3 is 5.11 Å². The second-order valence-corrected chi connectivity index (χ2v) is 9.02. The molecule has 0 saturated heterocycles. The van der Waals surface area contributed by atoms with Gasteiger partial charge in [0.2, 0.25) is 10.0 Å². The number of carbonyl (C=O) groups excluding carboxylic acids is 1. The average Bonchev–Trinajstić information content (AvgIpc) is 2.82. The number of carboxylic acids is 1. The van der Waals surface area contributed by atoms with Gasteiger partial charge >= 0.3 is 5.97 Å². The van der Waals surface area contributed by atoms with E-state index in [4.69, 9.17) is 0 Å². The number of carboxylic acid groups (broad SMARTS) is 1. The predicted molar refractivity (Wildman–Crippen MR) is 119 cm³/mol. The number of nitrogens with zero attached hydrogens (tertiary/aromatic N) is 2. The van der Waals surface area contributed by atoms with Crippen LogP contribution >= 0.6 is 0 Å². The Hall–Kier alpha value is -3.89. The van der Waals surface area contributed by atoms with Crippen molar-refractivity contribution in [1.29, 1.82) is 0 Å². The van der Waals surface area contributed by atoms with Gasteiger partial charge in [-0.2, -0.15) is 4.31 Å². The molecular formula is C23H20N2O7S. The first-order chi connectivity index (χ1) is 15.7. The van der Waals surface area contributed by atoms with Gasteiger partial charge in [-0.3, -0.25) is 19.7 Å². The van der Waals surface area contributed by atoms with Crippen molar-refractivity contribution >= 4 is 27.5 Å². The minimum atomic E-state index is -4.50. The summed E-state index contributed by atoms with van der Waals surface area (Å²) in [5.41, 5.74) is 0.478. The van der Waals surface area contributed by atoms with Crippen molar-refractivity contribution < 1.29 is 28.0 Å². The molecule has 0 aliphatic carbocycles. The minimum absolute atomic E-state index is 0.176. The molecule has 0 amide bonds. The summed E-state index contributed by atoms with van der Waals surface area (Å²) in [7, 11) is -4.50. The first kappa shape index (κ1) is 23.8. The number of benzene rings is 3. The Morgan fingerprint density at radius 1 is 0.909 bits per heavy atom. The molecule has 1 N–H and O–H groups in total. The Morgan fingerprint density at radius 3 is 1.97 bits per heavy atom. The summed E-state index contributed by atoms with van der Waals surface area (Å²) >= 11 is 0. The molecule has 0 fully saturated rings. The van der Waals surface area contributed by atoms with E-state index in [0.717, 1.165) is 24.3 Å². The number of carbonyl (C=O) groups is 2. The molecule has 0 heterocycles. The van der Waals surface area contributed by atoms with E-state index in [1.54, 1.807) is 48.5 Å². The lowest BCUT2D eigenvalue weighted by molar-refractivity contribution is -0.384. The van der Waals surface area contributed by atoms with Crippen LogP contribution in [0.15, 0.2) is 89.8 Å². The Balaban J connectivity index is 2.05. The lowest BCUT2D eigenvalue weighted by Gasteiger charge is -2.28. The fraction of sp³-hybridized carbons (Fsp3) is 0.130. The zero-order valence-corrected chi connectivity index (χ0v) is 18.1. The van der Waals surface area contributed by atoms with Crippen LogP contribution in [0.3, 0.4) is 0 Å². The summed E-state index contributed by atoms with van der Waals surface area (Å²) in [5.74, 6) is -2.01. The van der Waals surface area contributed by atoms with E-state index in [0.29, 0.717) is 9.87 Å². The molecule has 10 heteroatoms. The zero-order chi connectivity index (χ0) is 24.0. The minimum Gasteiger partial charge on any atom is -0.480 e. The highest BCUT2D eigenvalue weighted by Crippen LogP contribution is 2.24. The van der Waals surface area contributed by atoms with E-state index in [2.05, 4.69) is 0 Å². The number of hydrogen-bond donors (Lipinski definition) is 1. The van der Waals surface area contributed by atoms with Gasteiger partial charge in [-0.05, 0) is 24.1 Å². The molecule has 170 valence electrons. The van der Waals surface area contributed by atoms with Gasteiger partial charge in [-0.15, -0.1) is 0 Å². The SMILES string of the molecule is O=C(CN([C@@H](Cc1ccccc1)C(=O)O)S(=O)(=O)c1ccc([N+](=O)[O-])cc1)c1ccccc1. The maximum atomic E-state index is 13.5. The molecule has 0 aromatic heterocycles. The van der Waals surface area contributed by atoms with Crippen LogP contribution in [-0.2, 0) is 21.2 Å². The summed E-state index contributed by atoms with van der Waals surface area (Å²) in [4.78, 5) is 34.9. The number of nitro benzene ring substituents is 1. The second kappa shape index (κ2) is 10.2. The third-order valence-electron chi connectivity index (χ3n) is 4.95. The quantitative estimate of drug-likeness (QED) is 0.274. The number of aliphatic carboxylic acids is 1. The topological polar surface area (TPSA) is 135 Å². The first-order valence-electron chi connectivity index (χ1n) is 9.81. The van der Waals surface area contributed by atoms with Crippen molar-refractivity contribution in [2.24, 2.45) is 0 Å². The van der Waals surface area contributed by atoms with Crippen LogP contribution in [-0.4, -0.2) is 47.1 Å². The third kappa shape index (κ3) is 5.68. The van der Waals surface area contributed by atoms with E-state index >= 15 is 0 Å². The Kier molecular flexibility index (Phi) is 7.31. The molecule has 0 aliphatic heterocycles. The lowest BCUT2D eigenvalue weighted by atomic mass is 10.1. The fourth-order valence-corrected chi connectivity index (χ4v) is 4.78. The van der Waals surface area contributed by atoms with E-state index in [1.165, 1.54) is 12.1 Å². The van der Waals surface area contributed by atoms with Gasteiger partial charge in [0.25, 0.3) is 5.69 Å². The van der Waals surface area contributed by atoms with Crippen molar-refractivity contribution in [3.63, 3.8) is 0 Å². The lowest BCUT2D eigenvalue weighted by Crippen LogP contribution is -2.48. The monoisotopic (exact) mass is 468 g/mol. The van der Waals surface area contributed by atoms with Crippen LogP contribution in [0.5, 0.6) is 0 Å². The molecule has 0 saturated carbocycles. The smallest absolute Gasteiger partial charge is 0.322 e. The number of hydrogen-bond acceptors (Lipinski definition) is 6. The van der Waals surface area contributed by atoms with Crippen LogP contribution in [0, 0.1) is 10.1 Å². The highest BCUT2D eigenvalue weighted by molar-refractivity contribution is 7.89. The molecule has 3 aromatic carbocycles. The Morgan fingerprint density at radius 2 is 1.45 bits per heavy atom. The van der Waals surface area contributed by atoms with Gasteiger partial charge in [0.1, 0.15) is 6.04 Å². The van der Waals surface area contributed by atoms with Crippen LogP contribution < -0.4 is 0 Å². The van der Waals surface area contributed by atoms with Gasteiger partial charge in [0, 0.05) is 17.7 Å². The summed E-state index contributed by atoms with van der Waals surface area (Å²) in [6.45, 7) is -0.715. The third-order valence-corrected chi connectivity index (χ3v) is 6.82. The Bertz CT molecular complexity index is 1240. The average molecular weight is 468 g/mol. The summed E-state index contributed by atoms with van der Waals surface area (Å²) in [6, 6.07) is 18.9. The molecule has 0 bridgehead atoms. The molecule has 0 aliphatic rings. The molecular weight excluding hydrogens is 448 g/mol. The summed E-state index contributed by atoms with van der Waals surface area (Å²) in [6.07, 6.45) is -0.176. The normalized spacial score (nSPS) is 12.3. The van der Waals surface area contributed by atoms with Crippen molar-refractivity contribution in [2.75, 3.05) is 6.54 Å². The highest BCUT2D eigenvalue weighted by atomic mass is 32.2. The predicted octanol–water partition coefficient (Wildman–Crippen LogP) is 3.16. The van der Waals surface area contributed by atoms with E-state index in [9.17, 15) is 33.2 Å². The van der Waals surface area contributed by atoms with Crippen LogP contribution in [0.25, 0.3) is 0 Å². The van der Waals surface area contributed by atoms with Gasteiger partial charge in [0.05, 0.1) is 16.4 Å². The van der Waals surface area contributed by atoms with Crippen molar-refractivity contribution in [2.45, 2.75) is 17.4 Å². The maximum absolute atomic E-state index is 13.5. The molecule has 3 aromatic rings. The zero-order valence-electron chi connectivity index (χ0n) is 17.3. The number of non-ortho nitro benzene ring substituents is 1. The number of nitro groups is 1. The van der Waals surface area contributed by atoms with Crippen LogP contribution in [0.4, 0.5) is 5.69 Å². The van der Waals surface area contributed by atoms with Crippen molar-refractivity contribution in [3.05, 3.63) is 106 Å². The van der Waals surface area contributed by atoms with Crippen LogP contribution in [0.1, 0.15) is 15.9 Å². The molecule has 3 rings (SSSR count). The van der Waals surface area contributed by atoms with Gasteiger partial charge in [-0.1, -0.05) is 60.7 Å². The van der Waals surface area contributed by atoms with Gasteiger partial charge in [-0.25, -0.2) is 8.42 Å². The summed E-state index contributed by atoms with van der Waals surface area (Å²) in [5, 5.41) is 20.8. The standard InChI is InChI=1S/C23H20N2O7S/c26-22(18-9-5-2-6-10-18)16-24(21(23(27)28)15-17-7-3-1-4-8-17)33(31,32)20-13-11-19(12-14-20)25(29)30/h1-14,21H,15-16H2,(H,27,28)/t21-/m0/s1. The maximum Gasteiger partial charge on any atom is 0.322 e. The molecule has 0 radical (unpaired) electrons. The van der Waals surface area contributed by atoms with E-state index < -0.39 is 39.3 Å². The number of Topliss-reactive ketones (excluding diaryl/α,β-unsaturated/α-hetero) is 1. The number of rotatable bonds is 10. The highest BCUT2D eigenvalue weighted by Gasteiger charge is 2.37. The molecule has 9 nitrogen and oxygen atoms in total. The van der Waals surface area contributed by atoms with Crippen molar-refractivity contribution in [3.8, 4) is 0 Å². The number of ketones is 1. The van der Waals surface area contributed by atoms with E-state index in [-0.39, 0.29) is 22.6 Å². The fourth-order valence-electron chi connectivity index (χ4n) is 3.24. The molecule has 33 heavy (non-hydrogen) atoms. The largest absolute Gasteiger partial charge is 0.480 e. The first-order valence-corrected chi connectivity index (χ1v) is 11.3. The molecule has 0 unspecified atom stereocenters. The second-order valence-electron chi connectivity index (χ2n) is 7.13. The summed E-state index contributed by atoms with van der Waals surface area (Å²) < 4.78 is 27.6. The number of sulfonamides is 1. The van der Waals surface area contributed by atoms with Gasteiger partial charge in [0.15, 0.2) is 5.78 Å². The van der Waals surface area contributed by atoms with E-state index in [1.807, 2.05) is 0 Å². The van der Waals surface area contributed by atoms with Crippen molar-refractivity contribution in [1.82, 2.24) is 4.31 Å².